The number of aryl methyl sites for hydroxylation is 1. The van der Waals surface area contributed by atoms with E-state index in [0.29, 0.717) is 39.8 Å². The number of fused-ring (bicyclic) bond motifs is 2. The highest BCUT2D eigenvalue weighted by Crippen LogP contribution is 2.45. The zero-order valence-corrected chi connectivity index (χ0v) is 21.4. The van der Waals surface area contributed by atoms with Gasteiger partial charge in [0.1, 0.15) is 28.6 Å². The van der Waals surface area contributed by atoms with Gasteiger partial charge in [-0.2, -0.15) is 5.10 Å². The van der Waals surface area contributed by atoms with Crippen LogP contribution in [0.3, 0.4) is 0 Å². The summed E-state index contributed by atoms with van der Waals surface area (Å²) in [6.45, 7) is 1.90. The van der Waals surface area contributed by atoms with Gasteiger partial charge in [0, 0.05) is 18.2 Å². The molecule has 0 bridgehead atoms. The van der Waals surface area contributed by atoms with Crippen molar-refractivity contribution < 1.29 is 19.1 Å². The molecular formula is C29H24FN7O3. The number of pyridine rings is 1. The predicted molar refractivity (Wildman–Crippen MR) is 146 cm³/mol. The van der Waals surface area contributed by atoms with Gasteiger partial charge < -0.3 is 16.2 Å². The molecule has 0 saturated carbocycles. The Morgan fingerprint density at radius 3 is 2.62 bits per heavy atom. The van der Waals surface area contributed by atoms with Crippen molar-refractivity contribution in [1.82, 2.24) is 24.7 Å². The van der Waals surface area contributed by atoms with E-state index >= 15 is 0 Å². The lowest BCUT2D eigenvalue weighted by molar-refractivity contribution is -0.137. The third kappa shape index (κ3) is 4.12. The number of carbonyl (C=O) groups excluding carboxylic acids is 1. The summed E-state index contributed by atoms with van der Waals surface area (Å²) in [5.41, 5.74) is 8.68. The Labute approximate surface area is 227 Å². The number of hydrogen-bond donors (Lipinski definition) is 3. The molecule has 1 atom stereocenters. The number of aliphatic carboxylic acids is 1. The second kappa shape index (κ2) is 9.53. The Morgan fingerprint density at radius 1 is 1.10 bits per heavy atom. The van der Waals surface area contributed by atoms with Gasteiger partial charge >= 0.3 is 5.97 Å². The van der Waals surface area contributed by atoms with Gasteiger partial charge in [0.25, 0.3) is 0 Å². The summed E-state index contributed by atoms with van der Waals surface area (Å²) < 4.78 is 16.0. The number of halogens is 1. The largest absolute Gasteiger partial charge is 0.481 e. The molecule has 0 spiro atoms. The number of nitrogen functional groups attached to an aromatic ring is 1. The fraction of sp³-hybridized carbons (Fsp3) is 0.172. The highest BCUT2D eigenvalue weighted by molar-refractivity contribution is 6.09. The minimum absolute atomic E-state index is 0.0176. The molecule has 6 rings (SSSR count). The van der Waals surface area contributed by atoms with E-state index in [0.717, 1.165) is 5.56 Å². The van der Waals surface area contributed by atoms with Crippen LogP contribution in [0.4, 0.5) is 16.0 Å². The fourth-order valence-corrected chi connectivity index (χ4v) is 5.12. The number of amides is 1. The average Bonchev–Trinajstić information content (AvgIpc) is 3.44. The SMILES string of the molecule is C[C@]1(c2ccc(CCC(=O)O)cc2)C(=O)Nc2nc(-c3nn(Cc4ccccc4F)c4ncccc34)nc(N)c21. The van der Waals surface area contributed by atoms with Crippen molar-refractivity contribution in [2.45, 2.75) is 31.7 Å². The molecule has 200 valence electrons. The molecule has 4 heterocycles. The standard InChI is InChI=1S/C29H24FN7O3/c1-29(18-11-8-16(9-12-18)10-13-21(38)39)22-24(31)33-26(34-25(22)35-28(29)40)23-19-6-4-14-32-27(19)37(36-23)15-17-5-2-3-7-20(17)30/h2-9,11-12,14H,10,13,15H2,1H3,(H,38,39)(H3,31,33,34,35,40)/t29-/m1/s1. The van der Waals surface area contributed by atoms with Crippen LogP contribution >= 0.6 is 0 Å². The highest BCUT2D eigenvalue weighted by Gasteiger charge is 2.47. The van der Waals surface area contributed by atoms with Gasteiger partial charge in [-0.15, -0.1) is 0 Å². The van der Waals surface area contributed by atoms with Crippen molar-refractivity contribution in [1.29, 1.82) is 0 Å². The average molecular weight is 538 g/mol. The molecule has 10 nitrogen and oxygen atoms in total. The van der Waals surface area contributed by atoms with Crippen LogP contribution in [-0.2, 0) is 28.0 Å². The van der Waals surface area contributed by atoms with Gasteiger partial charge in [0.2, 0.25) is 5.91 Å². The maximum atomic E-state index is 14.4. The Bertz CT molecular complexity index is 1800. The highest BCUT2D eigenvalue weighted by atomic mass is 19.1. The van der Waals surface area contributed by atoms with Gasteiger partial charge in [-0.1, -0.05) is 42.5 Å². The smallest absolute Gasteiger partial charge is 0.303 e. The van der Waals surface area contributed by atoms with Gasteiger partial charge in [0.15, 0.2) is 11.5 Å². The van der Waals surface area contributed by atoms with Crippen molar-refractivity contribution in [3.05, 3.63) is 94.9 Å². The molecule has 5 aromatic rings. The maximum Gasteiger partial charge on any atom is 0.303 e. The van der Waals surface area contributed by atoms with Crippen molar-refractivity contribution in [3.8, 4) is 11.5 Å². The first kappa shape index (κ1) is 25.1. The Balaban J connectivity index is 1.40. The second-order valence-corrected chi connectivity index (χ2v) is 9.80. The monoisotopic (exact) mass is 537 g/mol. The van der Waals surface area contributed by atoms with Crippen LogP contribution in [0, 0.1) is 5.82 Å². The molecule has 0 saturated heterocycles. The fourth-order valence-electron chi connectivity index (χ4n) is 5.12. The number of hydrogen-bond acceptors (Lipinski definition) is 7. The zero-order valence-electron chi connectivity index (χ0n) is 21.4. The van der Waals surface area contributed by atoms with Gasteiger partial charge in [-0.25, -0.2) is 24.0 Å². The number of nitrogens with one attached hydrogen (secondary N) is 1. The van der Waals surface area contributed by atoms with E-state index in [-0.39, 0.29) is 42.2 Å². The summed E-state index contributed by atoms with van der Waals surface area (Å²) in [7, 11) is 0. The van der Waals surface area contributed by atoms with E-state index in [2.05, 4.69) is 25.4 Å². The third-order valence-corrected chi connectivity index (χ3v) is 7.28. The topological polar surface area (TPSA) is 149 Å². The van der Waals surface area contributed by atoms with E-state index in [1.54, 1.807) is 54.2 Å². The van der Waals surface area contributed by atoms with Crippen molar-refractivity contribution in [3.63, 3.8) is 0 Å². The molecule has 3 aromatic heterocycles. The summed E-state index contributed by atoms with van der Waals surface area (Å²) >= 11 is 0. The molecule has 0 unspecified atom stereocenters. The quantitative estimate of drug-likeness (QED) is 0.283. The maximum absolute atomic E-state index is 14.4. The molecule has 0 aliphatic carbocycles. The van der Waals surface area contributed by atoms with E-state index in [1.807, 2.05) is 18.2 Å². The van der Waals surface area contributed by atoms with Gasteiger partial charge in [-0.3, -0.25) is 9.59 Å². The summed E-state index contributed by atoms with van der Waals surface area (Å²) in [5, 5.41) is 17.1. The molecule has 1 amide bonds. The first-order valence-electron chi connectivity index (χ1n) is 12.6. The zero-order chi connectivity index (χ0) is 28.0. The predicted octanol–water partition coefficient (Wildman–Crippen LogP) is 3.93. The van der Waals surface area contributed by atoms with Gasteiger partial charge in [-0.05, 0) is 42.7 Å². The Kier molecular flexibility index (Phi) is 5.98. The molecule has 1 aliphatic rings. The molecule has 1 aliphatic heterocycles. The minimum atomic E-state index is -1.16. The number of aromatic nitrogens is 5. The number of nitrogens with zero attached hydrogens (tertiary/aromatic N) is 5. The van der Waals surface area contributed by atoms with Crippen molar-refractivity contribution >= 4 is 34.5 Å². The molecular weight excluding hydrogens is 513 g/mol. The van der Waals surface area contributed by atoms with Crippen LogP contribution in [0.2, 0.25) is 0 Å². The Morgan fingerprint density at radius 2 is 1.88 bits per heavy atom. The summed E-state index contributed by atoms with van der Waals surface area (Å²) in [6, 6.07) is 17.2. The number of carboxylic acid groups (broad SMARTS) is 1. The van der Waals surface area contributed by atoms with Crippen LogP contribution in [-0.4, -0.2) is 41.7 Å². The Hall–Kier alpha value is -5.19. The molecule has 2 aromatic carbocycles. The second-order valence-electron chi connectivity index (χ2n) is 9.80. The van der Waals surface area contributed by atoms with Crippen LogP contribution < -0.4 is 11.1 Å². The first-order valence-corrected chi connectivity index (χ1v) is 12.6. The number of benzene rings is 2. The molecule has 0 radical (unpaired) electrons. The lowest BCUT2D eigenvalue weighted by Crippen LogP contribution is -2.33. The van der Waals surface area contributed by atoms with E-state index < -0.39 is 11.4 Å². The molecule has 11 heteroatoms. The molecule has 40 heavy (non-hydrogen) atoms. The first-order chi connectivity index (χ1) is 19.3. The van der Waals surface area contributed by atoms with E-state index in [9.17, 15) is 14.0 Å². The summed E-state index contributed by atoms with van der Waals surface area (Å²) in [6.07, 6.45) is 2.03. The lowest BCUT2D eigenvalue weighted by Gasteiger charge is -2.23. The number of carboxylic acids is 1. The molecule has 4 N–H and O–H groups in total. The van der Waals surface area contributed by atoms with Crippen LogP contribution in [0.25, 0.3) is 22.6 Å². The molecule has 0 fully saturated rings. The van der Waals surface area contributed by atoms with E-state index in [1.165, 1.54) is 6.07 Å². The van der Waals surface area contributed by atoms with Crippen molar-refractivity contribution in [2.75, 3.05) is 11.1 Å². The van der Waals surface area contributed by atoms with Crippen molar-refractivity contribution in [2.24, 2.45) is 0 Å². The van der Waals surface area contributed by atoms with Gasteiger partial charge in [0.05, 0.1) is 17.5 Å². The third-order valence-electron chi connectivity index (χ3n) is 7.28. The number of nitrogens with two attached hydrogens (primary N) is 1. The van der Waals surface area contributed by atoms with Crippen LogP contribution in [0.1, 0.15) is 35.6 Å². The van der Waals surface area contributed by atoms with E-state index in [4.69, 9.17) is 10.8 Å². The summed E-state index contributed by atoms with van der Waals surface area (Å²) in [4.78, 5) is 37.9. The minimum Gasteiger partial charge on any atom is -0.481 e. The number of anilines is 2. The van der Waals surface area contributed by atoms with Crippen LogP contribution in [0.15, 0.2) is 66.9 Å². The summed E-state index contributed by atoms with van der Waals surface area (Å²) in [5.74, 6) is -0.923. The number of rotatable bonds is 7. The van der Waals surface area contributed by atoms with Crippen LogP contribution in [0.5, 0.6) is 0 Å². The normalized spacial score (nSPS) is 16.2. The number of carbonyl (C=O) groups is 2. The lowest BCUT2D eigenvalue weighted by atomic mass is 9.77.